The number of nitrogens with zero attached hydrogens (tertiary/aromatic N) is 4. The van der Waals surface area contributed by atoms with Gasteiger partial charge in [0, 0.05) is 13.0 Å². The lowest BCUT2D eigenvalue weighted by atomic mass is 10.0. The first kappa shape index (κ1) is 17.5. The summed E-state index contributed by atoms with van der Waals surface area (Å²) in [4.78, 5) is 23.4. The summed E-state index contributed by atoms with van der Waals surface area (Å²) in [7, 11) is 0. The Balaban J connectivity index is 2.18. The Hall–Kier alpha value is -2.84. The molecule has 0 radical (unpaired) electrons. The van der Waals surface area contributed by atoms with Gasteiger partial charge in [0.1, 0.15) is 17.7 Å². The molecule has 0 saturated carbocycles. The lowest BCUT2D eigenvalue weighted by molar-refractivity contribution is -0.141. The molecule has 8 nitrogen and oxygen atoms in total. The predicted octanol–water partition coefficient (Wildman–Crippen LogP) is 0.741. The first-order chi connectivity index (χ1) is 11.4. The number of rotatable bonds is 7. The Morgan fingerprint density at radius 1 is 1.42 bits per heavy atom. The van der Waals surface area contributed by atoms with E-state index >= 15 is 0 Å². The molecule has 2 rings (SSSR count). The van der Waals surface area contributed by atoms with E-state index in [1.807, 2.05) is 0 Å². The fraction of sp³-hybridized carbons (Fsp3) is 0.400. The molecule has 2 aromatic rings. The number of carboxylic acids is 1. The van der Waals surface area contributed by atoms with Crippen molar-refractivity contribution in [2.24, 2.45) is 5.92 Å². The van der Waals surface area contributed by atoms with Gasteiger partial charge in [-0.1, -0.05) is 19.1 Å². The second-order valence-electron chi connectivity index (χ2n) is 5.50. The molecule has 0 aliphatic rings. The van der Waals surface area contributed by atoms with Crippen molar-refractivity contribution in [1.29, 1.82) is 0 Å². The average Bonchev–Trinajstić information content (AvgIpc) is 2.95. The molecule has 128 valence electrons. The van der Waals surface area contributed by atoms with Crippen molar-refractivity contribution < 1.29 is 19.1 Å². The molecule has 0 spiro atoms. The number of hydrogen-bond acceptors (Lipinski definition) is 5. The summed E-state index contributed by atoms with van der Waals surface area (Å²) in [6, 6.07) is 5.10. The quantitative estimate of drug-likeness (QED) is 0.772. The number of carbonyl (C=O) groups excluding carboxylic acids is 1. The van der Waals surface area contributed by atoms with E-state index in [1.165, 1.54) is 23.7 Å². The summed E-state index contributed by atoms with van der Waals surface area (Å²) < 4.78 is 14.7. The molecule has 2 N–H and O–H groups in total. The van der Waals surface area contributed by atoms with Crippen LogP contribution in [0.15, 0.2) is 24.3 Å². The SMILES string of the molecule is Cc1nnnn1C(Cc1cccc(F)c1)C(=O)NCC(C)C(=O)O. The number of aromatic nitrogens is 4. The van der Waals surface area contributed by atoms with Gasteiger partial charge in [0.15, 0.2) is 0 Å². The maximum Gasteiger partial charge on any atom is 0.308 e. The van der Waals surface area contributed by atoms with Crippen LogP contribution in [0.25, 0.3) is 0 Å². The number of halogens is 1. The molecular formula is C15H18FN5O3. The Labute approximate surface area is 137 Å². The molecule has 0 aliphatic carbocycles. The largest absolute Gasteiger partial charge is 0.481 e. The lowest BCUT2D eigenvalue weighted by Gasteiger charge is -2.18. The molecule has 0 fully saturated rings. The van der Waals surface area contributed by atoms with E-state index in [4.69, 9.17) is 5.11 Å². The molecule has 1 amide bonds. The van der Waals surface area contributed by atoms with Crippen LogP contribution in [0.3, 0.4) is 0 Å². The van der Waals surface area contributed by atoms with Gasteiger partial charge < -0.3 is 10.4 Å². The van der Waals surface area contributed by atoms with Crippen molar-refractivity contribution in [3.05, 3.63) is 41.5 Å². The number of benzene rings is 1. The molecule has 0 aliphatic heterocycles. The second kappa shape index (κ2) is 7.62. The zero-order valence-electron chi connectivity index (χ0n) is 13.3. The highest BCUT2D eigenvalue weighted by Gasteiger charge is 2.25. The third kappa shape index (κ3) is 4.34. The molecule has 9 heteroatoms. The van der Waals surface area contributed by atoms with E-state index in [1.54, 1.807) is 19.1 Å². The second-order valence-corrected chi connectivity index (χ2v) is 5.50. The number of aryl methyl sites for hydroxylation is 1. The summed E-state index contributed by atoms with van der Waals surface area (Å²) in [6.45, 7) is 3.12. The van der Waals surface area contributed by atoms with E-state index in [2.05, 4.69) is 20.8 Å². The summed E-state index contributed by atoms with van der Waals surface area (Å²) in [5, 5.41) is 22.6. The summed E-state index contributed by atoms with van der Waals surface area (Å²) in [6.07, 6.45) is 0.178. The molecule has 0 saturated heterocycles. The van der Waals surface area contributed by atoms with Gasteiger partial charge in [0.2, 0.25) is 5.91 Å². The van der Waals surface area contributed by atoms with Crippen molar-refractivity contribution in [3.8, 4) is 0 Å². The highest BCUT2D eigenvalue weighted by Crippen LogP contribution is 2.16. The van der Waals surface area contributed by atoms with Gasteiger partial charge in [0.25, 0.3) is 0 Å². The molecule has 1 aromatic heterocycles. The third-order valence-corrected chi connectivity index (χ3v) is 3.58. The van der Waals surface area contributed by atoms with Crippen LogP contribution in [0.1, 0.15) is 24.4 Å². The van der Waals surface area contributed by atoms with E-state index in [0.717, 1.165) is 0 Å². The van der Waals surface area contributed by atoms with Crippen LogP contribution in [0.4, 0.5) is 4.39 Å². The highest BCUT2D eigenvalue weighted by atomic mass is 19.1. The first-order valence-electron chi connectivity index (χ1n) is 7.38. The van der Waals surface area contributed by atoms with Crippen molar-refractivity contribution in [1.82, 2.24) is 25.5 Å². The molecule has 2 unspecified atom stereocenters. The zero-order valence-corrected chi connectivity index (χ0v) is 13.3. The average molecular weight is 335 g/mol. The zero-order chi connectivity index (χ0) is 17.7. The molecule has 2 atom stereocenters. The molecular weight excluding hydrogens is 317 g/mol. The number of hydrogen-bond donors (Lipinski definition) is 2. The third-order valence-electron chi connectivity index (χ3n) is 3.58. The van der Waals surface area contributed by atoms with Crippen LogP contribution < -0.4 is 5.32 Å². The van der Waals surface area contributed by atoms with Gasteiger partial charge in [0.05, 0.1) is 5.92 Å². The lowest BCUT2D eigenvalue weighted by Crippen LogP contribution is -2.38. The first-order valence-corrected chi connectivity index (χ1v) is 7.38. The van der Waals surface area contributed by atoms with E-state index < -0.39 is 29.7 Å². The number of carboxylic acid groups (broad SMARTS) is 1. The summed E-state index contributed by atoms with van der Waals surface area (Å²) in [5.41, 5.74) is 0.608. The van der Waals surface area contributed by atoms with Crippen LogP contribution in [0.2, 0.25) is 0 Å². The molecule has 24 heavy (non-hydrogen) atoms. The van der Waals surface area contributed by atoms with E-state index in [9.17, 15) is 14.0 Å². The van der Waals surface area contributed by atoms with Crippen LogP contribution >= 0.6 is 0 Å². The van der Waals surface area contributed by atoms with Crippen molar-refractivity contribution in [2.75, 3.05) is 6.54 Å². The van der Waals surface area contributed by atoms with Gasteiger partial charge in [-0.05, 0) is 35.0 Å². The fourth-order valence-electron chi connectivity index (χ4n) is 2.16. The van der Waals surface area contributed by atoms with Crippen LogP contribution in [-0.4, -0.2) is 43.7 Å². The van der Waals surface area contributed by atoms with Gasteiger partial charge in [-0.25, -0.2) is 9.07 Å². The minimum atomic E-state index is -1.00. The normalized spacial score (nSPS) is 13.3. The smallest absolute Gasteiger partial charge is 0.308 e. The number of carbonyl (C=O) groups is 2. The van der Waals surface area contributed by atoms with Crippen LogP contribution in [0, 0.1) is 18.7 Å². The van der Waals surface area contributed by atoms with Gasteiger partial charge in [-0.3, -0.25) is 9.59 Å². The number of nitrogens with one attached hydrogen (secondary N) is 1. The Bertz CT molecular complexity index is 733. The van der Waals surface area contributed by atoms with Gasteiger partial charge in [-0.15, -0.1) is 5.10 Å². The predicted molar refractivity (Wildman–Crippen MR) is 81.5 cm³/mol. The maximum absolute atomic E-state index is 13.4. The van der Waals surface area contributed by atoms with Crippen molar-refractivity contribution in [3.63, 3.8) is 0 Å². The molecule has 1 heterocycles. The molecule has 1 aromatic carbocycles. The number of amides is 1. The monoisotopic (exact) mass is 335 g/mol. The number of aliphatic carboxylic acids is 1. The summed E-state index contributed by atoms with van der Waals surface area (Å²) >= 11 is 0. The van der Waals surface area contributed by atoms with Gasteiger partial charge in [-0.2, -0.15) is 0 Å². The Kier molecular flexibility index (Phi) is 5.56. The highest BCUT2D eigenvalue weighted by molar-refractivity contribution is 5.81. The number of tetrazole rings is 1. The minimum Gasteiger partial charge on any atom is -0.481 e. The van der Waals surface area contributed by atoms with Crippen molar-refractivity contribution >= 4 is 11.9 Å². The standard InChI is InChI=1S/C15H18FN5O3/c1-9(15(23)24)8-17-14(22)13(21-10(2)18-19-20-21)7-11-4-3-5-12(16)6-11/h3-6,9,13H,7-8H2,1-2H3,(H,17,22)(H,23,24). The van der Waals surface area contributed by atoms with Crippen molar-refractivity contribution in [2.45, 2.75) is 26.3 Å². The van der Waals surface area contributed by atoms with E-state index in [0.29, 0.717) is 11.4 Å². The summed E-state index contributed by atoms with van der Waals surface area (Å²) in [5.74, 6) is -2.13. The van der Waals surface area contributed by atoms with Crippen LogP contribution in [0.5, 0.6) is 0 Å². The molecule has 0 bridgehead atoms. The van der Waals surface area contributed by atoms with E-state index in [-0.39, 0.29) is 13.0 Å². The Morgan fingerprint density at radius 2 is 2.17 bits per heavy atom. The topological polar surface area (TPSA) is 110 Å². The van der Waals surface area contributed by atoms with Crippen LogP contribution in [-0.2, 0) is 16.0 Å². The minimum absolute atomic E-state index is 0.0189. The van der Waals surface area contributed by atoms with Gasteiger partial charge >= 0.3 is 5.97 Å². The Morgan fingerprint density at radius 3 is 2.75 bits per heavy atom. The fourth-order valence-corrected chi connectivity index (χ4v) is 2.16. The maximum atomic E-state index is 13.4.